The Hall–Kier alpha value is -0.230. The topological polar surface area (TPSA) is 32.3 Å². The van der Waals surface area contributed by atoms with Gasteiger partial charge in [-0.3, -0.25) is 4.79 Å². The minimum absolute atomic E-state index is 0. The minimum atomic E-state index is 0. The second kappa shape index (κ2) is 9.63. The number of amides is 1. The van der Waals surface area contributed by atoms with Crippen LogP contribution in [0.1, 0.15) is 51.5 Å². The van der Waals surface area contributed by atoms with E-state index in [1.54, 1.807) is 11.3 Å². The quantitative estimate of drug-likeness (QED) is 0.646. The van der Waals surface area contributed by atoms with Crippen molar-refractivity contribution in [2.75, 3.05) is 18.8 Å². The van der Waals surface area contributed by atoms with Gasteiger partial charge in [-0.25, -0.2) is 0 Å². The SMILES string of the molecule is CCCCSC(C)C(=O)N(Cc1ccsc1)C1CC12CCNCC2.Cl. The van der Waals surface area contributed by atoms with Crippen LogP contribution in [0.25, 0.3) is 0 Å². The number of thiophene rings is 1. The molecule has 1 aliphatic carbocycles. The number of nitrogens with one attached hydrogen (secondary N) is 1. The van der Waals surface area contributed by atoms with Crippen LogP contribution in [0.3, 0.4) is 0 Å². The van der Waals surface area contributed by atoms with E-state index < -0.39 is 0 Å². The second-order valence-corrected chi connectivity index (χ2v) is 9.53. The van der Waals surface area contributed by atoms with Gasteiger partial charge in [0.2, 0.25) is 5.91 Å². The van der Waals surface area contributed by atoms with Crippen molar-refractivity contribution in [1.29, 1.82) is 0 Å². The fraction of sp³-hybridized carbons (Fsp3) is 0.737. The van der Waals surface area contributed by atoms with E-state index in [9.17, 15) is 4.79 Å². The highest BCUT2D eigenvalue weighted by Crippen LogP contribution is 2.56. The molecule has 1 saturated carbocycles. The van der Waals surface area contributed by atoms with Gasteiger partial charge in [0.1, 0.15) is 0 Å². The number of halogens is 1. The number of thioether (sulfide) groups is 1. The number of carbonyl (C=O) groups is 1. The van der Waals surface area contributed by atoms with Gasteiger partial charge in [0.05, 0.1) is 5.25 Å². The van der Waals surface area contributed by atoms with E-state index in [0.717, 1.165) is 25.4 Å². The molecule has 2 fully saturated rings. The zero-order valence-corrected chi connectivity index (χ0v) is 17.8. The van der Waals surface area contributed by atoms with E-state index in [2.05, 4.69) is 40.9 Å². The van der Waals surface area contributed by atoms with Crippen LogP contribution in [0, 0.1) is 5.41 Å². The van der Waals surface area contributed by atoms with Gasteiger partial charge >= 0.3 is 0 Å². The fourth-order valence-corrected chi connectivity index (χ4v) is 5.61. The lowest BCUT2D eigenvalue weighted by Crippen LogP contribution is -2.42. The van der Waals surface area contributed by atoms with Gasteiger partial charge in [0.15, 0.2) is 0 Å². The summed E-state index contributed by atoms with van der Waals surface area (Å²) >= 11 is 3.55. The van der Waals surface area contributed by atoms with Crippen LogP contribution in [0.15, 0.2) is 16.8 Å². The molecular formula is C19H31ClN2OS2. The zero-order valence-electron chi connectivity index (χ0n) is 15.3. The number of hydrogen-bond donors (Lipinski definition) is 1. The average Bonchev–Trinajstić information content (AvgIpc) is 3.03. The average molecular weight is 403 g/mol. The van der Waals surface area contributed by atoms with Crippen molar-refractivity contribution in [2.45, 2.75) is 63.8 Å². The molecular weight excluding hydrogens is 372 g/mol. The molecule has 2 unspecified atom stereocenters. The van der Waals surface area contributed by atoms with E-state index in [1.807, 2.05) is 11.8 Å². The van der Waals surface area contributed by atoms with Crippen LogP contribution in [0.4, 0.5) is 0 Å². The number of nitrogens with zero attached hydrogens (tertiary/aromatic N) is 1. The lowest BCUT2D eigenvalue weighted by molar-refractivity contribution is -0.132. The Morgan fingerprint density at radius 2 is 2.24 bits per heavy atom. The molecule has 1 aromatic rings. The van der Waals surface area contributed by atoms with Crippen LogP contribution in [0.5, 0.6) is 0 Å². The minimum Gasteiger partial charge on any atom is -0.334 e. The third kappa shape index (κ3) is 5.15. The summed E-state index contributed by atoms with van der Waals surface area (Å²) in [5.74, 6) is 1.44. The largest absolute Gasteiger partial charge is 0.334 e. The van der Waals surface area contributed by atoms with Gasteiger partial charge in [0, 0.05) is 12.6 Å². The summed E-state index contributed by atoms with van der Waals surface area (Å²) in [7, 11) is 0. The van der Waals surface area contributed by atoms with Gasteiger partial charge in [0.25, 0.3) is 0 Å². The maximum atomic E-state index is 13.2. The van der Waals surface area contributed by atoms with Gasteiger partial charge in [-0.2, -0.15) is 11.3 Å². The van der Waals surface area contributed by atoms with Crippen LogP contribution in [-0.2, 0) is 11.3 Å². The van der Waals surface area contributed by atoms with Crippen molar-refractivity contribution in [3.8, 4) is 0 Å². The molecule has 1 N–H and O–H groups in total. The van der Waals surface area contributed by atoms with Crippen LogP contribution in [0.2, 0.25) is 0 Å². The smallest absolute Gasteiger partial charge is 0.235 e. The Morgan fingerprint density at radius 1 is 1.48 bits per heavy atom. The van der Waals surface area contributed by atoms with Crippen LogP contribution in [-0.4, -0.2) is 40.9 Å². The number of unbranched alkanes of at least 4 members (excludes halogenated alkanes) is 1. The molecule has 142 valence electrons. The second-order valence-electron chi connectivity index (χ2n) is 7.30. The molecule has 1 amide bonds. The lowest BCUT2D eigenvalue weighted by atomic mass is 9.93. The van der Waals surface area contributed by atoms with E-state index in [1.165, 1.54) is 37.7 Å². The van der Waals surface area contributed by atoms with Crippen molar-refractivity contribution >= 4 is 41.4 Å². The van der Waals surface area contributed by atoms with Gasteiger partial charge in [-0.1, -0.05) is 13.3 Å². The molecule has 0 radical (unpaired) electrons. The number of carbonyl (C=O) groups excluding carboxylic acids is 1. The summed E-state index contributed by atoms with van der Waals surface area (Å²) in [6.07, 6.45) is 6.05. The first-order chi connectivity index (χ1) is 11.7. The third-order valence-electron chi connectivity index (χ3n) is 5.55. The Labute approximate surface area is 166 Å². The van der Waals surface area contributed by atoms with Crippen molar-refractivity contribution < 1.29 is 4.79 Å². The van der Waals surface area contributed by atoms with E-state index in [0.29, 0.717) is 17.4 Å². The highest BCUT2D eigenvalue weighted by atomic mass is 35.5. The zero-order chi connectivity index (χ0) is 17.0. The third-order valence-corrected chi connectivity index (χ3v) is 7.51. The van der Waals surface area contributed by atoms with E-state index in [-0.39, 0.29) is 17.7 Å². The molecule has 3 nitrogen and oxygen atoms in total. The molecule has 3 rings (SSSR count). The first kappa shape index (κ1) is 21.1. The summed E-state index contributed by atoms with van der Waals surface area (Å²) < 4.78 is 0. The van der Waals surface area contributed by atoms with Gasteiger partial charge in [-0.05, 0) is 79.3 Å². The molecule has 1 spiro atoms. The highest BCUT2D eigenvalue weighted by molar-refractivity contribution is 8.00. The molecule has 6 heteroatoms. The summed E-state index contributed by atoms with van der Waals surface area (Å²) in [5, 5.41) is 7.85. The Morgan fingerprint density at radius 3 is 2.88 bits per heavy atom. The van der Waals surface area contributed by atoms with E-state index >= 15 is 0 Å². The molecule has 2 aliphatic rings. The molecule has 1 saturated heterocycles. The Balaban J connectivity index is 0.00000225. The van der Waals surface area contributed by atoms with Crippen molar-refractivity contribution in [3.05, 3.63) is 22.4 Å². The fourth-order valence-electron chi connectivity index (χ4n) is 3.86. The molecule has 1 aromatic heterocycles. The maximum absolute atomic E-state index is 13.2. The van der Waals surface area contributed by atoms with Crippen LogP contribution < -0.4 is 5.32 Å². The van der Waals surface area contributed by atoms with Crippen molar-refractivity contribution in [1.82, 2.24) is 10.2 Å². The summed E-state index contributed by atoms with van der Waals surface area (Å²) in [6, 6.07) is 2.62. The van der Waals surface area contributed by atoms with E-state index in [4.69, 9.17) is 0 Å². The van der Waals surface area contributed by atoms with Gasteiger partial charge in [-0.15, -0.1) is 24.2 Å². The number of piperidine rings is 1. The molecule has 0 aromatic carbocycles. The first-order valence-corrected chi connectivity index (χ1v) is 11.3. The van der Waals surface area contributed by atoms with Crippen molar-refractivity contribution in [3.63, 3.8) is 0 Å². The molecule has 0 bridgehead atoms. The van der Waals surface area contributed by atoms with Crippen LogP contribution >= 0.6 is 35.5 Å². The monoisotopic (exact) mass is 402 g/mol. The highest BCUT2D eigenvalue weighted by Gasteiger charge is 2.57. The Bertz CT molecular complexity index is 532. The van der Waals surface area contributed by atoms with Gasteiger partial charge < -0.3 is 10.2 Å². The normalized spacial score (nSPS) is 22.2. The summed E-state index contributed by atoms with van der Waals surface area (Å²) in [5.41, 5.74) is 1.69. The summed E-state index contributed by atoms with van der Waals surface area (Å²) in [4.78, 5) is 15.4. The van der Waals surface area contributed by atoms with Crippen molar-refractivity contribution in [2.24, 2.45) is 5.41 Å². The predicted octanol–water partition coefficient (Wildman–Crippen LogP) is 4.56. The first-order valence-electron chi connectivity index (χ1n) is 9.30. The lowest BCUT2D eigenvalue weighted by Gasteiger charge is -2.31. The molecule has 2 heterocycles. The molecule has 2 atom stereocenters. The Kier molecular flexibility index (Phi) is 8.12. The number of hydrogen-bond acceptors (Lipinski definition) is 4. The standard InChI is InChI=1S/C19H30N2OS2.ClH/c1-3-4-10-24-15(2)18(22)21(13-16-5-11-23-14-16)17-12-19(17)6-8-20-9-7-19;/h5,11,14-15,17,20H,3-4,6-10,12-13H2,1-2H3;1H. The summed E-state index contributed by atoms with van der Waals surface area (Å²) in [6.45, 7) is 7.32. The molecule has 25 heavy (non-hydrogen) atoms. The number of rotatable bonds is 8. The maximum Gasteiger partial charge on any atom is 0.235 e. The molecule has 1 aliphatic heterocycles. The predicted molar refractivity (Wildman–Crippen MR) is 112 cm³/mol.